The van der Waals surface area contributed by atoms with E-state index >= 15 is 0 Å². The molecule has 0 saturated carbocycles. The van der Waals surface area contributed by atoms with Crippen LogP contribution < -0.4 is 11.5 Å². The number of primary amides is 1. The fourth-order valence-corrected chi connectivity index (χ4v) is 5.72. The number of hydrogen-bond acceptors (Lipinski definition) is 5. The second-order valence-electron chi connectivity index (χ2n) is 6.47. The Hall–Kier alpha value is -2.41. The smallest absolute Gasteiger partial charge is 0.260 e. The normalized spacial score (nSPS) is 12.8. The van der Waals surface area contributed by atoms with Gasteiger partial charge < -0.3 is 11.5 Å². The van der Waals surface area contributed by atoms with E-state index < -0.39 is 5.91 Å². The van der Waals surface area contributed by atoms with Crippen LogP contribution in [0.3, 0.4) is 0 Å². The lowest BCUT2D eigenvalue weighted by atomic mass is 9.87. The average molecular weight is 412 g/mol. The van der Waals surface area contributed by atoms with Crippen LogP contribution in [0, 0.1) is 0 Å². The maximum Gasteiger partial charge on any atom is 0.260 e. The summed E-state index contributed by atoms with van der Waals surface area (Å²) in [5.41, 5.74) is 17.7. The third kappa shape index (κ3) is 2.48. The van der Waals surface area contributed by atoms with Crippen molar-refractivity contribution < 1.29 is 4.79 Å². The first-order valence-electron chi connectivity index (χ1n) is 8.42. The van der Waals surface area contributed by atoms with Crippen LogP contribution in [0.15, 0.2) is 35.7 Å². The van der Waals surface area contributed by atoms with Gasteiger partial charge in [0.15, 0.2) is 0 Å². The van der Waals surface area contributed by atoms with Gasteiger partial charge in [0.05, 0.1) is 11.4 Å². The topological polar surface area (TPSA) is 82.0 Å². The van der Waals surface area contributed by atoms with Crippen LogP contribution in [0.2, 0.25) is 5.02 Å². The molecule has 27 heavy (non-hydrogen) atoms. The predicted octanol–water partition coefficient (Wildman–Crippen LogP) is 5.12. The zero-order valence-electron chi connectivity index (χ0n) is 14.1. The Bertz CT molecular complexity index is 1220. The molecule has 0 aliphatic heterocycles. The monoisotopic (exact) mass is 411 g/mol. The summed E-state index contributed by atoms with van der Waals surface area (Å²) in [4.78, 5) is 19.2. The quantitative estimate of drug-likeness (QED) is 0.480. The van der Waals surface area contributed by atoms with Gasteiger partial charge in [-0.3, -0.25) is 4.79 Å². The van der Waals surface area contributed by atoms with Crippen LogP contribution in [-0.2, 0) is 12.8 Å². The number of amides is 1. The minimum atomic E-state index is -0.522. The van der Waals surface area contributed by atoms with E-state index in [1.54, 1.807) is 11.3 Å². The summed E-state index contributed by atoms with van der Waals surface area (Å²) in [6.45, 7) is 0. The summed E-state index contributed by atoms with van der Waals surface area (Å²) in [6.07, 6.45) is 1.85. The molecule has 4 nitrogen and oxygen atoms in total. The first-order chi connectivity index (χ1) is 13.0. The van der Waals surface area contributed by atoms with Crippen LogP contribution in [0.5, 0.6) is 0 Å². The molecular weight excluding hydrogens is 398 g/mol. The molecule has 1 aliphatic carbocycles. The molecule has 1 amide bonds. The first-order valence-corrected chi connectivity index (χ1v) is 10.5. The number of benzene rings is 1. The van der Waals surface area contributed by atoms with E-state index in [0.717, 1.165) is 45.4 Å². The number of fused-ring (bicyclic) bond motifs is 4. The van der Waals surface area contributed by atoms with Crippen molar-refractivity contribution in [2.45, 2.75) is 12.8 Å². The highest BCUT2D eigenvalue weighted by Crippen LogP contribution is 2.47. The van der Waals surface area contributed by atoms with E-state index in [1.165, 1.54) is 21.8 Å². The van der Waals surface area contributed by atoms with Gasteiger partial charge in [0.25, 0.3) is 5.91 Å². The number of carbonyl (C=O) groups is 1. The van der Waals surface area contributed by atoms with Gasteiger partial charge >= 0.3 is 0 Å². The summed E-state index contributed by atoms with van der Waals surface area (Å²) in [5, 5.41) is 3.59. The Labute approximate surface area is 168 Å². The minimum Gasteiger partial charge on any atom is -0.397 e. The summed E-state index contributed by atoms with van der Waals surface area (Å²) in [7, 11) is 0. The summed E-state index contributed by atoms with van der Waals surface area (Å²) >= 11 is 9.11. The van der Waals surface area contributed by atoms with Crippen molar-refractivity contribution in [3.8, 4) is 22.4 Å². The maximum absolute atomic E-state index is 11.9. The molecule has 0 saturated heterocycles. The van der Waals surface area contributed by atoms with Gasteiger partial charge in [0.2, 0.25) is 0 Å². The number of nitrogens with two attached hydrogens (primary N) is 2. The SMILES string of the molecule is NC(=O)c1sc2nc3c(c(-c4ccc(Cl)cc4)c2c1N)CCc1sccc1-3. The van der Waals surface area contributed by atoms with Crippen molar-refractivity contribution in [3.05, 3.63) is 56.1 Å². The lowest BCUT2D eigenvalue weighted by Gasteiger charge is -2.20. The third-order valence-electron chi connectivity index (χ3n) is 4.94. The maximum atomic E-state index is 11.9. The Balaban J connectivity index is 1.93. The van der Waals surface area contributed by atoms with Gasteiger partial charge in [0.1, 0.15) is 9.71 Å². The summed E-state index contributed by atoms with van der Waals surface area (Å²) in [5.74, 6) is -0.522. The van der Waals surface area contributed by atoms with Crippen molar-refractivity contribution >= 4 is 56.1 Å². The molecule has 3 aromatic heterocycles. The first kappa shape index (κ1) is 16.7. The van der Waals surface area contributed by atoms with Gasteiger partial charge in [-0.1, -0.05) is 23.7 Å². The predicted molar refractivity (Wildman–Crippen MR) is 114 cm³/mol. The molecule has 0 atom stereocenters. The van der Waals surface area contributed by atoms with Gasteiger partial charge in [0, 0.05) is 20.8 Å². The molecule has 1 aliphatic rings. The number of carbonyl (C=O) groups excluding carboxylic acids is 1. The fraction of sp³-hybridized carbons (Fsp3) is 0.100. The number of nitrogen functional groups attached to an aromatic ring is 1. The molecule has 3 heterocycles. The molecule has 5 rings (SSSR count). The van der Waals surface area contributed by atoms with E-state index in [2.05, 4.69) is 11.4 Å². The number of aromatic nitrogens is 1. The molecule has 0 spiro atoms. The van der Waals surface area contributed by atoms with Crippen LogP contribution in [0.1, 0.15) is 20.1 Å². The Morgan fingerprint density at radius 2 is 1.93 bits per heavy atom. The van der Waals surface area contributed by atoms with Crippen molar-refractivity contribution in [1.29, 1.82) is 0 Å². The zero-order chi connectivity index (χ0) is 18.7. The van der Waals surface area contributed by atoms with Crippen LogP contribution >= 0.6 is 34.3 Å². The molecule has 0 unspecified atom stereocenters. The minimum absolute atomic E-state index is 0.362. The number of hydrogen-bond donors (Lipinski definition) is 2. The largest absolute Gasteiger partial charge is 0.397 e. The number of pyridine rings is 1. The van der Waals surface area contributed by atoms with E-state index in [0.29, 0.717) is 15.6 Å². The molecule has 1 aromatic carbocycles. The van der Waals surface area contributed by atoms with Crippen molar-refractivity contribution in [2.75, 3.05) is 5.73 Å². The Kier molecular flexibility index (Phi) is 3.75. The number of rotatable bonds is 2. The highest BCUT2D eigenvalue weighted by Gasteiger charge is 2.27. The van der Waals surface area contributed by atoms with E-state index in [9.17, 15) is 4.79 Å². The molecular formula is C20H14ClN3OS2. The summed E-state index contributed by atoms with van der Waals surface area (Å²) in [6, 6.07) is 9.83. The van der Waals surface area contributed by atoms with Gasteiger partial charge in [-0.25, -0.2) is 4.98 Å². The number of nitrogens with zero attached hydrogens (tertiary/aromatic N) is 1. The molecule has 134 valence electrons. The number of anilines is 1. The molecule has 4 N–H and O–H groups in total. The van der Waals surface area contributed by atoms with Gasteiger partial charge in [-0.2, -0.15) is 0 Å². The highest BCUT2D eigenvalue weighted by atomic mass is 35.5. The van der Waals surface area contributed by atoms with Crippen molar-refractivity contribution in [2.24, 2.45) is 5.73 Å². The fourth-order valence-electron chi connectivity index (χ4n) is 3.76. The molecule has 0 bridgehead atoms. The molecule has 0 radical (unpaired) electrons. The second kappa shape index (κ2) is 6.05. The third-order valence-corrected chi connectivity index (χ3v) is 7.28. The zero-order valence-corrected chi connectivity index (χ0v) is 16.5. The Morgan fingerprint density at radius 1 is 1.15 bits per heavy atom. The van der Waals surface area contributed by atoms with Crippen LogP contribution in [0.25, 0.3) is 32.6 Å². The van der Waals surface area contributed by atoms with Gasteiger partial charge in [-0.05, 0) is 53.1 Å². The lowest BCUT2D eigenvalue weighted by Crippen LogP contribution is -2.11. The van der Waals surface area contributed by atoms with E-state index in [4.69, 9.17) is 28.1 Å². The number of halogens is 1. The van der Waals surface area contributed by atoms with Crippen molar-refractivity contribution in [3.63, 3.8) is 0 Å². The van der Waals surface area contributed by atoms with E-state index in [1.807, 2.05) is 24.3 Å². The van der Waals surface area contributed by atoms with Gasteiger partial charge in [-0.15, -0.1) is 22.7 Å². The van der Waals surface area contributed by atoms with Crippen molar-refractivity contribution in [1.82, 2.24) is 4.98 Å². The molecule has 7 heteroatoms. The van der Waals surface area contributed by atoms with E-state index in [-0.39, 0.29) is 0 Å². The molecule has 0 fully saturated rings. The van der Waals surface area contributed by atoms with Crippen LogP contribution in [-0.4, -0.2) is 10.9 Å². The van der Waals surface area contributed by atoms with Crippen LogP contribution in [0.4, 0.5) is 5.69 Å². The number of thiophene rings is 2. The highest BCUT2D eigenvalue weighted by molar-refractivity contribution is 7.21. The lowest BCUT2D eigenvalue weighted by molar-refractivity contribution is 0.100. The Morgan fingerprint density at radius 3 is 2.67 bits per heavy atom. The standard InChI is InChI=1S/C20H14ClN3OS2/c21-10-3-1-9(2-4-10)14-12-5-6-13-11(7-8-26-13)17(12)24-20-15(14)16(22)18(27-20)19(23)25/h1-4,7-8H,5-6,22H2,(H2,23,25). The summed E-state index contributed by atoms with van der Waals surface area (Å²) < 4.78 is 0. The second-order valence-corrected chi connectivity index (χ2v) is 8.90. The average Bonchev–Trinajstić information content (AvgIpc) is 3.26. The number of aryl methyl sites for hydroxylation is 1. The molecule has 4 aromatic rings.